The predicted octanol–water partition coefficient (Wildman–Crippen LogP) is 12.2. The van der Waals surface area contributed by atoms with Crippen LogP contribution < -0.4 is 4.90 Å². The SMILES string of the molecule is c1ccc(-c2ccc(N(c3ccc4oc5ccccc5c4c3)c3cccc4c3ccc3c5ccccc5ccc43)cc2)cc1. The number of para-hydroxylation sites is 1. The molecule has 0 atom stereocenters. The Morgan fingerprint density at radius 1 is 0.341 bits per heavy atom. The van der Waals surface area contributed by atoms with Crippen molar-refractivity contribution in [1.82, 2.24) is 0 Å². The molecular formula is C42H27NO. The lowest BCUT2D eigenvalue weighted by molar-refractivity contribution is 0.669. The molecule has 9 aromatic rings. The van der Waals surface area contributed by atoms with Gasteiger partial charge >= 0.3 is 0 Å². The van der Waals surface area contributed by atoms with Gasteiger partial charge in [-0.15, -0.1) is 0 Å². The van der Waals surface area contributed by atoms with Crippen molar-refractivity contribution in [3.8, 4) is 11.1 Å². The zero-order valence-corrected chi connectivity index (χ0v) is 23.9. The Morgan fingerprint density at radius 2 is 0.955 bits per heavy atom. The molecule has 0 saturated heterocycles. The fraction of sp³-hybridized carbons (Fsp3) is 0. The molecule has 2 heteroatoms. The maximum atomic E-state index is 6.20. The summed E-state index contributed by atoms with van der Waals surface area (Å²) in [4.78, 5) is 2.38. The molecule has 0 bridgehead atoms. The molecule has 2 nitrogen and oxygen atoms in total. The van der Waals surface area contributed by atoms with E-state index in [2.05, 4.69) is 157 Å². The summed E-state index contributed by atoms with van der Waals surface area (Å²) < 4.78 is 6.20. The first-order valence-electron chi connectivity index (χ1n) is 15.0. The van der Waals surface area contributed by atoms with Crippen LogP contribution in [0.25, 0.3) is 65.4 Å². The van der Waals surface area contributed by atoms with E-state index >= 15 is 0 Å². The Hall–Kier alpha value is -5.86. The summed E-state index contributed by atoms with van der Waals surface area (Å²) in [5.74, 6) is 0. The van der Waals surface area contributed by atoms with Crippen LogP contribution in [0.5, 0.6) is 0 Å². The summed E-state index contributed by atoms with van der Waals surface area (Å²) in [5.41, 5.74) is 7.53. The standard InChI is InChI=1S/C42H27NO/c1-2-9-28(10-3-1)29-17-20-31(21-18-29)43(32-22-26-42-39(27-32)38-13-6-7-16-41(38)44-42)40-15-8-14-34-36-23-19-30-11-4-5-12-33(30)35(36)24-25-37(34)40/h1-27H. The highest BCUT2D eigenvalue weighted by Crippen LogP contribution is 2.43. The van der Waals surface area contributed by atoms with Crippen LogP contribution in [0, 0.1) is 0 Å². The first kappa shape index (κ1) is 24.7. The van der Waals surface area contributed by atoms with E-state index in [4.69, 9.17) is 4.42 Å². The molecule has 0 N–H and O–H groups in total. The maximum Gasteiger partial charge on any atom is 0.135 e. The number of nitrogens with zero attached hydrogens (tertiary/aromatic N) is 1. The van der Waals surface area contributed by atoms with Gasteiger partial charge in [-0.05, 0) is 80.5 Å². The Balaban J connectivity index is 1.29. The number of hydrogen-bond acceptors (Lipinski definition) is 2. The highest BCUT2D eigenvalue weighted by Gasteiger charge is 2.18. The van der Waals surface area contributed by atoms with Gasteiger partial charge < -0.3 is 9.32 Å². The number of furan rings is 1. The van der Waals surface area contributed by atoms with E-state index in [1.807, 2.05) is 12.1 Å². The van der Waals surface area contributed by atoms with Crippen molar-refractivity contribution in [3.05, 3.63) is 164 Å². The van der Waals surface area contributed by atoms with Gasteiger partial charge in [-0.1, -0.05) is 121 Å². The summed E-state index contributed by atoms with van der Waals surface area (Å²) in [5, 5.41) is 9.77. The number of fused-ring (bicyclic) bond motifs is 8. The van der Waals surface area contributed by atoms with Crippen molar-refractivity contribution in [2.45, 2.75) is 0 Å². The van der Waals surface area contributed by atoms with Gasteiger partial charge in [0.15, 0.2) is 0 Å². The van der Waals surface area contributed by atoms with E-state index in [9.17, 15) is 0 Å². The molecule has 1 heterocycles. The second-order valence-corrected chi connectivity index (χ2v) is 11.3. The zero-order chi connectivity index (χ0) is 29.0. The lowest BCUT2D eigenvalue weighted by atomic mass is 9.96. The van der Waals surface area contributed by atoms with E-state index in [0.717, 1.165) is 39.0 Å². The van der Waals surface area contributed by atoms with Crippen molar-refractivity contribution in [3.63, 3.8) is 0 Å². The van der Waals surface area contributed by atoms with Crippen LogP contribution in [0.1, 0.15) is 0 Å². The first-order chi connectivity index (χ1) is 21.8. The molecular weight excluding hydrogens is 534 g/mol. The van der Waals surface area contributed by atoms with Crippen LogP contribution in [0.4, 0.5) is 17.1 Å². The van der Waals surface area contributed by atoms with E-state index in [0.29, 0.717) is 0 Å². The largest absolute Gasteiger partial charge is 0.456 e. The summed E-state index contributed by atoms with van der Waals surface area (Å²) in [7, 11) is 0. The van der Waals surface area contributed by atoms with Crippen molar-refractivity contribution in [2.24, 2.45) is 0 Å². The molecule has 9 rings (SSSR count). The first-order valence-corrected chi connectivity index (χ1v) is 15.0. The Kier molecular flexibility index (Phi) is 5.54. The third-order valence-corrected chi connectivity index (χ3v) is 8.85. The van der Waals surface area contributed by atoms with Gasteiger partial charge in [-0.2, -0.15) is 0 Å². The second-order valence-electron chi connectivity index (χ2n) is 11.3. The van der Waals surface area contributed by atoms with Gasteiger partial charge in [-0.25, -0.2) is 0 Å². The van der Waals surface area contributed by atoms with E-state index in [1.165, 1.54) is 43.4 Å². The normalized spacial score (nSPS) is 11.6. The van der Waals surface area contributed by atoms with Gasteiger partial charge in [0.1, 0.15) is 11.2 Å². The summed E-state index contributed by atoms with van der Waals surface area (Å²) in [6.07, 6.45) is 0. The lowest BCUT2D eigenvalue weighted by Gasteiger charge is -2.27. The molecule has 44 heavy (non-hydrogen) atoms. The molecule has 0 aliphatic carbocycles. The molecule has 206 valence electrons. The van der Waals surface area contributed by atoms with Gasteiger partial charge in [-0.3, -0.25) is 0 Å². The molecule has 0 fully saturated rings. The van der Waals surface area contributed by atoms with E-state index < -0.39 is 0 Å². The quantitative estimate of drug-likeness (QED) is 0.199. The van der Waals surface area contributed by atoms with Crippen molar-refractivity contribution in [1.29, 1.82) is 0 Å². The lowest BCUT2D eigenvalue weighted by Crippen LogP contribution is -2.10. The van der Waals surface area contributed by atoms with Crippen LogP contribution in [0.2, 0.25) is 0 Å². The third-order valence-electron chi connectivity index (χ3n) is 8.85. The average molecular weight is 562 g/mol. The van der Waals surface area contributed by atoms with Gasteiger partial charge in [0.05, 0.1) is 5.69 Å². The van der Waals surface area contributed by atoms with Gasteiger partial charge in [0.25, 0.3) is 0 Å². The van der Waals surface area contributed by atoms with Crippen LogP contribution in [0.3, 0.4) is 0 Å². The van der Waals surface area contributed by atoms with Crippen LogP contribution in [-0.4, -0.2) is 0 Å². The minimum absolute atomic E-state index is 0.894. The molecule has 0 saturated carbocycles. The number of anilines is 3. The summed E-state index contributed by atoms with van der Waals surface area (Å²) in [6.45, 7) is 0. The fourth-order valence-corrected chi connectivity index (χ4v) is 6.75. The molecule has 0 amide bonds. The molecule has 8 aromatic carbocycles. The monoisotopic (exact) mass is 561 g/mol. The Morgan fingerprint density at radius 3 is 1.84 bits per heavy atom. The van der Waals surface area contributed by atoms with Gasteiger partial charge in [0.2, 0.25) is 0 Å². The highest BCUT2D eigenvalue weighted by molar-refractivity contribution is 6.19. The van der Waals surface area contributed by atoms with Crippen LogP contribution >= 0.6 is 0 Å². The minimum Gasteiger partial charge on any atom is -0.456 e. The maximum absolute atomic E-state index is 6.20. The zero-order valence-electron chi connectivity index (χ0n) is 23.9. The van der Waals surface area contributed by atoms with Gasteiger partial charge in [0, 0.05) is 27.5 Å². The molecule has 1 aromatic heterocycles. The number of rotatable bonds is 4. The molecule has 0 unspecified atom stereocenters. The van der Waals surface area contributed by atoms with Crippen molar-refractivity contribution >= 4 is 71.3 Å². The summed E-state index contributed by atoms with van der Waals surface area (Å²) in [6, 6.07) is 58.6. The van der Waals surface area contributed by atoms with Crippen molar-refractivity contribution in [2.75, 3.05) is 4.90 Å². The minimum atomic E-state index is 0.894. The Labute approximate surface area is 255 Å². The smallest absolute Gasteiger partial charge is 0.135 e. The second kappa shape index (κ2) is 9.86. The molecule has 0 aliphatic heterocycles. The molecule has 0 radical (unpaired) electrons. The van der Waals surface area contributed by atoms with Crippen molar-refractivity contribution < 1.29 is 4.42 Å². The predicted molar refractivity (Wildman–Crippen MR) is 186 cm³/mol. The highest BCUT2D eigenvalue weighted by atomic mass is 16.3. The topological polar surface area (TPSA) is 16.4 Å². The Bertz CT molecular complexity index is 2490. The molecule has 0 spiro atoms. The van der Waals surface area contributed by atoms with E-state index in [-0.39, 0.29) is 0 Å². The van der Waals surface area contributed by atoms with E-state index in [1.54, 1.807) is 0 Å². The number of hydrogen-bond donors (Lipinski definition) is 0. The third kappa shape index (κ3) is 3.89. The fourth-order valence-electron chi connectivity index (χ4n) is 6.75. The molecule has 0 aliphatic rings. The average Bonchev–Trinajstić information content (AvgIpc) is 3.47. The van der Waals surface area contributed by atoms with Crippen LogP contribution in [-0.2, 0) is 0 Å². The number of benzene rings is 8. The summed E-state index contributed by atoms with van der Waals surface area (Å²) >= 11 is 0. The van der Waals surface area contributed by atoms with Crippen LogP contribution in [0.15, 0.2) is 168 Å².